The zero-order valence-corrected chi connectivity index (χ0v) is 8.03. The molecule has 1 unspecified atom stereocenters. The molecule has 0 N–H and O–H groups in total. The summed E-state index contributed by atoms with van der Waals surface area (Å²) >= 11 is 0. The SMILES string of the molecule is C=CC(CC)OC(=O)C1CC=CC1. The topological polar surface area (TPSA) is 26.3 Å². The molecule has 1 aliphatic rings. The molecule has 0 aliphatic heterocycles. The molecular weight excluding hydrogens is 164 g/mol. The van der Waals surface area contributed by atoms with Crippen LogP contribution in [0.5, 0.6) is 0 Å². The summed E-state index contributed by atoms with van der Waals surface area (Å²) in [6.45, 7) is 5.60. The van der Waals surface area contributed by atoms with Gasteiger partial charge in [-0.2, -0.15) is 0 Å². The van der Waals surface area contributed by atoms with Crippen molar-refractivity contribution in [2.45, 2.75) is 32.3 Å². The quantitative estimate of drug-likeness (QED) is 0.490. The van der Waals surface area contributed by atoms with Crippen molar-refractivity contribution in [3.63, 3.8) is 0 Å². The lowest BCUT2D eigenvalue weighted by atomic mass is 10.1. The fourth-order valence-electron chi connectivity index (χ4n) is 1.35. The third kappa shape index (κ3) is 2.72. The summed E-state index contributed by atoms with van der Waals surface area (Å²) in [4.78, 5) is 11.5. The minimum Gasteiger partial charge on any atom is -0.458 e. The number of hydrogen-bond acceptors (Lipinski definition) is 2. The minimum absolute atomic E-state index is 0.0500. The number of ether oxygens (including phenoxy) is 1. The molecule has 0 aromatic rings. The Morgan fingerprint density at radius 1 is 1.69 bits per heavy atom. The molecule has 1 rings (SSSR count). The van der Waals surface area contributed by atoms with Gasteiger partial charge in [0.15, 0.2) is 0 Å². The first-order valence-electron chi connectivity index (χ1n) is 4.76. The summed E-state index contributed by atoms with van der Waals surface area (Å²) in [5.74, 6) is -0.0363. The summed E-state index contributed by atoms with van der Waals surface area (Å²) < 4.78 is 5.24. The maximum absolute atomic E-state index is 11.5. The van der Waals surface area contributed by atoms with Gasteiger partial charge in [0, 0.05) is 0 Å². The fraction of sp³-hybridized carbons (Fsp3) is 0.545. The second-order valence-corrected chi connectivity index (χ2v) is 3.26. The van der Waals surface area contributed by atoms with Gasteiger partial charge in [0.2, 0.25) is 0 Å². The number of esters is 1. The lowest BCUT2D eigenvalue weighted by Gasteiger charge is -2.14. The highest BCUT2D eigenvalue weighted by molar-refractivity contribution is 5.73. The van der Waals surface area contributed by atoms with Crippen molar-refractivity contribution in [1.82, 2.24) is 0 Å². The average Bonchev–Trinajstić information content (AvgIpc) is 2.66. The van der Waals surface area contributed by atoms with Crippen molar-refractivity contribution in [3.8, 4) is 0 Å². The van der Waals surface area contributed by atoms with Crippen LogP contribution < -0.4 is 0 Å². The van der Waals surface area contributed by atoms with Crippen LogP contribution in [0.4, 0.5) is 0 Å². The van der Waals surface area contributed by atoms with Gasteiger partial charge in [0.1, 0.15) is 6.10 Å². The van der Waals surface area contributed by atoms with E-state index in [1.54, 1.807) is 6.08 Å². The Labute approximate surface area is 79.3 Å². The van der Waals surface area contributed by atoms with E-state index < -0.39 is 0 Å². The first-order valence-corrected chi connectivity index (χ1v) is 4.76. The maximum atomic E-state index is 11.5. The fourth-order valence-corrected chi connectivity index (χ4v) is 1.35. The van der Waals surface area contributed by atoms with Crippen LogP contribution in [0, 0.1) is 5.92 Å². The lowest BCUT2D eigenvalue weighted by molar-refractivity contribution is -0.151. The summed E-state index contributed by atoms with van der Waals surface area (Å²) in [6.07, 6.45) is 8.07. The molecule has 0 saturated carbocycles. The van der Waals surface area contributed by atoms with Gasteiger partial charge in [-0.1, -0.05) is 31.7 Å². The number of carbonyl (C=O) groups excluding carboxylic acids is 1. The molecule has 0 saturated heterocycles. The van der Waals surface area contributed by atoms with Crippen molar-refractivity contribution in [2.24, 2.45) is 5.92 Å². The van der Waals surface area contributed by atoms with Gasteiger partial charge in [0.25, 0.3) is 0 Å². The lowest BCUT2D eigenvalue weighted by Crippen LogP contribution is -2.21. The molecule has 1 atom stereocenters. The molecule has 0 heterocycles. The highest BCUT2D eigenvalue weighted by Crippen LogP contribution is 2.20. The Kier molecular flexibility index (Phi) is 3.74. The highest BCUT2D eigenvalue weighted by Gasteiger charge is 2.22. The van der Waals surface area contributed by atoms with Gasteiger partial charge in [0.05, 0.1) is 5.92 Å². The Bertz CT molecular complexity index is 210. The Morgan fingerprint density at radius 3 is 2.77 bits per heavy atom. The first kappa shape index (κ1) is 10.0. The predicted octanol–water partition coefficient (Wildman–Crippen LogP) is 2.46. The third-order valence-electron chi connectivity index (χ3n) is 2.27. The van der Waals surface area contributed by atoms with E-state index in [2.05, 4.69) is 6.58 Å². The van der Waals surface area contributed by atoms with Crippen molar-refractivity contribution < 1.29 is 9.53 Å². The molecule has 0 radical (unpaired) electrons. The predicted molar refractivity (Wildman–Crippen MR) is 52.2 cm³/mol. The van der Waals surface area contributed by atoms with Gasteiger partial charge in [-0.25, -0.2) is 0 Å². The van der Waals surface area contributed by atoms with Crippen LogP contribution in [0.1, 0.15) is 26.2 Å². The molecule has 0 spiro atoms. The van der Waals surface area contributed by atoms with Gasteiger partial charge in [-0.3, -0.25) is 4.79 Å². The van der Waals surface area contributed by atoms with Crippen LogP contribution in [-0.4, -0.2) is 12.1 Å². The van der Waals surface area contributed by atoms with Crippen LogP contribution in [0.2, 0.25) is 0 Å². The highest BCUT2D eigenvalue weighted by atomic mass is 16.5. The van der Waals surface area contributed by atoms with E-state index in [1.807, 2.05) is 19.1 Å². The zero-order chi connectivity index (χ0) is 9.68. The van der Waals surface area contributed by atoms with E-state index in [0.717, 1.165) is 19.3 Å². The molecule has 0 amide bonds. The normalized spacial score (nSPS) is 18.5. The Morgan fingerprint density at radius 2 is 2.31 bits per heavy atom. The summed E-state index contributed by atoms with van der Waals surface area (Å²) in [6, 6.07) is 0. The van der Waals surface area contributed by atoms with E-state index in [1.165, 1.54) is 0 Å². The number of rotatable bonds is 4. The number of allylic oxidation sites excluding steroid dienone is 2. The average molecular weight is 180 g/mol. The van der Waals surface area contributed by atoms with E-state index in [9.17, 15) is 4.79 Å². The van der Waals surface area contributed by atoms with Crippen molar-refractivity contribution in [2.75, 3.05) is 0 Å². The maximum Gasteiger partial charge on any atom is 0.310 e. The number of hydrogen-bond donors (Lipinski definition) is 0. The van der Waals surface area contributed by atoms with E-state index in [-0.39, 0.29) is 18.0 Å². The van der Waals surface area contributed by atoms with E-state index >= 15 is 0 Å². The monoisotopic (exact) mass is 180 g/mol. The molecule has 0 fully saturated rings. The second kappa shape index (κ2) is 4.85. The molecule has 2 heteroatoms. The van der Waals surface area contributed by atoms with Crippen LogP contribution in [0.15, 0.2) is 24.8 Å². The first-order chi connectivity index (χ1) is 6.27. The molecule has 13 heavy (non-hydrogen) atoms. The molecule has 0 aromatic heterocycles. The van der Waals surface area contributed by atoms with Crippen LogP contribution >= 0.6 is 0 Å². The van der Waals surface area contributed by atoms with E-state index in [0.29, 0.717) is 0 Å². The van der Waals surface area contributed by atoms with Crippen LogP contribution in [-0.2, 0) is 9.53 Å². The van der Waals surface area contributed by atoms with Crippen molar-refractivity contribution in [3.05, 3.63) is 24.8 Å². The summed E-state index contributed by atoms with van der Waals surface area (Å²) in [5.41, 5.74) is 0. The van der Waals surface area contributed by atoms with Crippen LogP contribution in [0.3, 0.4) is 0 Å². The molecular formula is C11H16O2. The van der Waals surface area contributed by atoms with Crippen LogP contribution in [0.25, 0.3) is 0 Å². The zero-order valence-electron chi connectivity index (χ0n) is 8.03. The minimum atomic E-state index is -0.118. The summed E-state index contributed by atoms with van der Waals surface area (Å²) in [7, 11) is 0. The molecule has 1 aliphatic carbocycles. The molecule has 0 bridgehead atoms. The second-order valence-electron chi connectivity index (χ2n) is 3.26. The van der Waals surface area contributed by atoms with E-state index in [4.69, 9.17) is 4.74 Å². The third-order valence-corrected chi connectivity index (χ3v) is 2.27. The Balaban J connectivity index is 2.35. The van der Waals surface area contributed by atoms with Crippen molar-refractivity contribution >= 4 is 5.97 Å². The molecule has 72 valence electrons. The van der Waals surface area contributed by atoms with Gasteiger partial charge < -0.3 is 4.74 Å². The Hall–Kier alpha value is -1.05. The van der Waals surface area contributed by atoms with Crippen molar-refractivity contribution in [1.29, 1.82) is 0 Å². The van der Waals surface area contributed by atoms with Gasteiger partial charge in [-0.15, -0.1) is 0 Å². The smallest absolute Gasteiger partial charge is 0.310 e. The van der Waals surface area contributed by atoms with Gasteiger partial charge in [-0.05, 0) is 19.3 Å². The van der Waals surface area contributed by atoms with Gasteiger partial charge >= 0.3 is 5.97 Å². The largest absolute Gasteiger partial charge is 0.458 e. The summed E-state index contributed by atoms with van der Waals surface area (Å²) in [5, 5.41) is 0. The standard InChI is InChI=1S/C11H16O2/c1-3-10(4-2)13-11(12)9-7-5-6-8-9/h3,5-6,9-10H,1,4,7-8H2,2H3. The molecule has 2 nitrogen and oxygen atoms in total. The molecule has 0 aromatic carbocycles. The number of carbonyl (C=O) groups is 1.